The minimum absolute atomic E-state index is 0.315. The largest absolute Gasteiger partial charge is 0.329 e. The lowest BCUT2D eigenvalue weighted by Gasteiger charge is -2.39. The van der Waals surface area contributed by atoms with Crippen molar-refractivity contribution in [3.05, 3.63) is 0 Å². The first-order valence-electron chi connectivity index (χ1n) is 7.17. The van der Waals surface area contributed by atoms with Crippen LogP contribution in [-0.2, 0) is 10.0 Å². The van der Waals surface area contributed by atoms with Gasteiger partial charge in [-0.25, -0.2) is 8.42 Å². The molecule has 2 N–H and O–H groups in total. The summed E-state index contributed by atoms with van der Waals surface area (Å²) in [6.45, 7) is 0.452. The summed E-state index contributed by atoms with van der Waals surface area (Å²) < 4.78 is 26.5. The molecule has 0 saturated heterocycles. The van der Waals surface area contributed by atoms with E-state index in [1.54, 1.807) is 11.4 Å². The van der Waals surface area contributed by atoms with Gasteiger partial charge in [-0.15, -0.1) is 0 Å². The highest BCUT2D eigenvalue weighted by molar-refractivity contribution is 7.89. The van der Waals surface area contributed by atoms with Crippen molar-refractivity contribution in [2.24, 2.45) is 11.7 Å². The molecule has 0 aliphatic heterocycles. The highest BCUT2D eigenvalue weighted by Crippen LogP contribution is 2.36. The van der Waals surface area contributed by atoms with E-state index in [-0.39, 0.29) is 5.54 Å². The lowest BCUT2D eigenvalue weighted by atomic mass is 9.90. The second kappa shape index (κ2) is 5.47. The lowest BCUT2D eigenvalue weighted by molar-refractivity contribution is 0.195. The molecule has 0 amide bonds. The van der Waals surface area contributed by atoms with Gasteiger partial charge in [0.2, 0.25) is 10.0 Å². The van der Waals surface area contributed by atoms with Crippen LogP contribution in [0.2, 0.25) is 0 Å². The number of sulfonamides is 1. The Bertz CT molecular complexity index is 368. The molecule has 106 valence electrons. The summed E-state index contributed by atoms with van der Waals surface area (Å²) in [5, 5.41) is 0. The molecule has 0 aromatic carbocycles. The zero-order valence-electron chi connectivity index (χ0n) is 11.4. The van der Waals surface area contributed by atoms with Gasteiger partial charge in [0, 0.05) is 19.1 Å². The van der Waals surface area contributed by atoms with E-state index in [9.17, 15) is 8.42 Å². The highest BCUT2D eigenvalue weighted by atomic mass is 32.2. The van der Waals surface area contributed by atoms with Gasteiger partial charge in [0.1, 0.15) is 0 Å². The molecule has 2 saturated carbocycles. The number of rotatable bonds is 5. The van der Waals surface area contributed by atoms with Gasteiger partial charge in [-0.2, -0.15) is 4.31 Å². The Morgan fingerprint density at radius 1 is 1.17 bits per heavy atom. The number of nitrogens with zero attached hydrogens (tertiary/aromatic N) is 1. The van der Waals surface area contributed by atoms with Gasteiger partial charge >= 0.3 is 0 Å². The molecule has 2 fully saturated rings. The normalized spacial score (nSPS) is 25.1. The third-order valence-corrected chi connectivity index (χ3v) is 6.76. The van der Waals surface area contributed by atoms with Gasteiger partial charge in [-0.05, 0) is 31.6 Å². The van der Waals surface area contributed by atoms with Crippen LogP contribution in [0.25, 0.3) is 0 Å². The number of likely N-dealkylation sites (N-methyl/N-ethyl adjacent to an activating group) is 1. The minimum Gasteiger partial charge on any atom is -0.329 e. The predicted octanol–water partition coefficient (Wildman–Crippen LogP) is 1.71. The van der Waals surface area contributed by atoms with Gasteiger partial charge in [0.15, 0.2) is 0 Å². The second-order valence-electron chi connectivity index (χ2n) is 6.03. The molecule has 4 nitrogen and oxygen atoms in total. The Morgan fingerprint density at radius 2 is 1.72 bits per heavy atom. The third kappa shape index (κ3) is 3.06. The van der Waals surface area contributed by atoms with E-state index < -0.39 is 10.0 Å². The van der Waals surface area contributed by atoms with Crippen molar-refractivity contribution < 1.29 is 8.42 Å². The smallest absolute Gasteiger partial charge is 0.214 e. The molecule has 5 heteroatoms. The summed E-state index contributed by atoms with van der Waals surface area (Å²) in [5.74, 6) is 0.726. The fourth-order valence-corrected chi connectivity index (χ4v) is 5.02. The van der Waals surface area contributed by atoms with E-state index in [0.29, 0.717) is 18.2 Å². The van der Waals surface area contributed by atoms with E-state index in [2.05, 4.69) is 0 Å². The SMILES string of the molecule is CN(C1(CN)CCCCCC1)S(=O)(=O)CC1CC1. The van der Waals surface area contributed by atoms with Gasteiger partial charge in [-0.3, -0.25) is 0 Å². The number of hydrogen-bond acceptors (Lipinski definition) is 3. The average molecular weight is 274 g/mol. The Kier molecular flexibility index (Phi) is 4.34. The molecule has 2 rings (SSSR count). The monoisotopic (exact) mass is 274 g/mol. The maximum atomic E-state index is 12.4. The molecule has 0 bridgehead atoms. The quantitative estimate of drug-likeness (QED) is 0.776. The number of nitrogens with two attached hydrogens (primary N) is 1. The second-order valence-corrected chi connectivity index (χ2v) is 8.08. The van der Waals surface area contributed by atoms with Gasteiger partial charge in [-0.1, -0.05) is 25.7 Å². The summed E-state index contributed by atoms with van der Waals surface area (Å²) in [7, 11) is -1.38. The molecule has 0 spiro atoms. The predicted molar refractivity (Wildman–Crippen MR) is 73.8 cm³/mol. The molecule has 2 aliphatic rings. The third-order valence-electron chi connectivity index (χ3n) is 4.64. The van der Waals surface area contributed by atoms with Crippen molar-refractivity contribution in [2.75, 3.05) is 19.3 Å². The van der Waals surface area contributed by atoms with E-state index in [1.165, 1.54) is 12.8 Å². The summed E-state index contributed by atoms with van der Waals surface area (Å²) in [5.41, 5.74) is 5.63. The molecule has 0 unspecified atom stereocenters. The van der Waals surface area contributed by atoms with Crippen LogP contribution >= 0.6 is 0 Å². The molecule has 0 atom stereocenters. The fraction of sp³-hybridized carbons (Fsp3) is 1.00. The van der Waals surface area contributed by atoms with Crippen LogP contribution < -0.4 is 5.73 Å². The molecule has 2 aliphatic carbocycles. The van der Waals surface area contributed by atoms with Gasteiger partial charge in [0.25, 0.3) is 0 Å². The Morgan fingerprint density at radius 3 is 2.17 bits per heavy atom. The molecule has 0 aromatic heterocycles. The maximum Gasteiger partial charge on any atom is 0.214 e. The molecule has 0 heterocycles. The minimum atomic E-state index is -3.13. The van der Waals surface area contributed by atoms with Crippen LogP contribution in [0.4, 0.5) is 0 Å². The summed E-state index contributed by atoms with van der Waals surface area (Å²) in [4.78, 5) is 0. The van der Waals surface area contributed by atoms with Crippen LogP contribution in [0.15, 0.2) is 0 Å². The Labute approximate surface area is 111 Å². The van der Waals surface area contributed by atoms with E-state index in [4.69, 9.17) is 5.73 Å². The summed E-state index contributed by atoms with van der Waals surface area (Å²) >= 11 is 0. The lowest BCUT2D eigenvalue weighted by Crippen LogP contribution is -2.54. The molecular weight excluding hydrogens is 248 g/mol. The molecular formula is C13H26N2O2S. The Hall–Kier alpha value is -0.130. The molecule has 0 radical (unpaired) electrons. The highest BCUT2D eigenvalue weighted by Gasteiger charge is 2.41. The topological polar surface area (TPSA) is 63.4 Å². The fourth-order valence-electron chi connectivity index (χ4n) is 3.02. The first kappa shape index (κ1) is 14.3. The van der Waals surface area contributed by atoms with Crippen LogP contribution in [-0.4, -0.2) is 37.6 Å². The zero-order chi connectivity index (χ0) is 13.2. The van der Waals surface area contributed by atoms with Crippen molar-refractivity contribution in [2.45, 2.75) is 56.9 Å². The average Bonchev–Trinajstić information content (AvgIpc) is 3.14. The van der Waals surface area contributed by atoms with E-state index >= 15 is 0 Å². The van der Waals surface area contributed by atoms with Gasteiger partial charge in [0.05, 0.1) is 5.75 Å². The van der Waals surface area contributed by atoms with Crippen molar-refractivity contribution in [3.8, 4) is 0 Å². The summed E-state index contributed by atoms with van der Waals surface area (Å²) in [6.07, 6.45) is 8.59. The van der Waals surface area contributed by atoms with Crippen LogP contribution in [0.3, 0.4) is 0 Å². The van der Waals surface area contributed by atoms with Crippen molar-refractivity contribution >= 4 is 10.0 Å². The van der Waals surface area contributed by atoms with Crippen molar-refractivity contribution in [1.82, 2.24) is 4.31 Å². The van der Waals surface area contributed by atoms with Crippen LogP contribution in [0.1, 0.15) is 51.4 Å². The molecule has 18 heavy (non-hydrogen) atoms. The maximum absolute atomic E-state index is 12.4. The first-order chi connectivity index (χ1) is 8.50. The standard InChI is InChI=1S/C13H26N2O2S/c1-15(18(16,17)10-12-6-7-12)13(11-14)8-4-2-3-5-9-13/h12H,2-11,14H2,1H3. The van der Waals surface area contributed by atoms with Crippen LogP contribution in [0, 0.1) is 5.92 Å². The van der Waals surface area contributed by atoms with Crippen LogP contribution in [0.5, 0.6) is 0 Å². The van der Waals surface area contributed by atoms with E-state index in [0.717, 1.165) is 38.5 Å². The zero-order valence-corrected chi connectivity index (χ0v) is 12.2. The van der Waals surface area contributed by atoms with Crippen molar-refractivity contribution in [1.29, 1.82) is 0 Å². The van der Waals surface area contributed by atoms with Gasteiger partial charge < -0.3 is 5.73 Å². The number of hydrogen-bond donors (Lipinski definition) is 1. The first-order valence-corrected chi connectivity index (χ1v) is 8.78. The van der Waals surface area contributed by atoms with Crippen molar-refractivity contribution in [3.63, 3.8) is 0 Å². The summed E-state index contributed by atoms with van der Waals surface area (Å²) in [6, 6.07) is 0. The Balaban J connectivity index is 2.13. The van der Waals surface area contributed by atoms with E-state index in [1.807, 2.05) is 0 Å². The molecule has 0 aromatic rings.